The van der Waals surface area contributed by atoms with E-state index in [0.717, 1.165) is 28.4 Å². The van der Waals surface area contributed by atoms with Crippen molar-refractivity contribution in [1.29, 1.82) is 0 Å². The van der Waals surface area contributed by atoms with Gasteiger partial charge in [-0.2, -0.15) is 13.9 Å². The molecule has 0 spiro atoms. The van der Waals surface area contributed by atoms with E-state index < -0.39 is 6.55 Å². The van der Waals surface area contributed by atoms with E-state index >= 15 is 0 Å². The molecule has 124 valence electrons. The third-order valence-corrected chi connectivity index (χ3v) is 4.59. The van der Waals surface area contributed by atoms with Gasteiger partial charge in [-0.05, 0) is 12.1 Å². The number of nitrogens with one attached hydrogen (secondary N) is 1. The number of rotatable bonds is 2. The number of carbonyl (C=O) groups is 1. The molecular weight excluding hydrogens is 338 g/mol. The van der Waals surface area contributed by atoms with Crippen LogP contribution in [0, 0.1) is 0 Å². The van der Waals surface area contributed by atoms with E-state index in [9.17, 15) is 13.6 Å². The van der Waals surface area contributed by atoms with Crippen LogP contribution in [0.25, 0.3) is 10.9 Å². The predicted molar refractivity (Wildman–Crippen MR) is 85.2 cm³/mol. The summed E-state index contributed by atoms with van der Waals surface area (Å²) in [6, 6.07) is 6.95. The Kier molecular flexibility index (Phi) is 3.53. The molecule has 0 fully saturated rings. The van der Waals surface area contributed by atoms with Crippen molar-refractivity contribution in [3.05, 3.63) is 52.4 Å². The molecule has 1 amide bonds. The first-order chi connectivity index (χ1) is 11.5. The molecule has 0 aliphatic carbocycles. The summed E-state index contributed by atoms with van der Waals surface area (Å²) >= 11 is 6.21. The Bertz CT molecular complexity index is 933. The normalized spacial score (nSPS) is 14.4. The molecule has 0 unspecified atom stereocenters. The fourth-order valence-corrected chi connectivity index (χ4v) is 3.32. The Hall–Kier alpha value is -2.41. The molecule has 1 N–H and O–H groups in total. The molecule has 24 heavy (non-hydrogen) atoms. The lowest BCUT2D eigenvalue weighted by atomic mass is 10.0. The van der Waals surface area contributed by atoms with E-state index in [0.29, 0.717) is 29.2 Å². The minimum Gasteiger partial charge on any atom is -0.357 e. The van der Waals surface area contributed by atoms with Gasteiger partial charge in [-0.15, -0.1) is 0 Å². The van der Waals surface area contributed by atoms with Crippen LogP contribution in [0.5, 0.6) is 0 Å². The monoisotopic (exact) mass is 350 g/mol. The van der Waals surface area contributed by atoms with Crippen LogP contribution in [0.1, 0.15) is 28.3 Å². The van der Waals surface area contributed by atoms with E-state index in [1.54, 1.807) is 4.90 Å². The van der Waals surface area contributed by atoms with Gasteiger partial charge in [0.2, 0.25) is 0 Å². The molecule has 0 atom stereocenters. The largest absolute Gasteiger partial charge is 0.357 e. The summed E-state index contributed by atoms with van der Waals surface area (Å²) in [5.41, 5.74) is 2.96. The zero-order valence-electron chi connectivity index (χ0n) is 12.5. The van der Waals surface area contributed by atoms with E-state index in [2.05, 4.69) is 10.1 Å². The molecule has 0 radical (unpaired) electrons. The van der Waals surface area contributed by atoms with Gasteiger partial charge in [0.15, 0.2) is 5.69 Å². The topological polar surface area (TPSA) is 53.9 Å². The van der Waals surface area contributed by atoms with Gasteiger partial charge < -0.3 is 9.88 Å². The molecule has 3 heterocycles. The van der Waals surface area contributed by atoms with Crippen LogP contribution >= 0.6 is 11.6 Å². The van der Waals surface area contributed by atoms with Gasteiger partial charge in [-0.25, -0.2) is 4.68 Å². The molecule has 0 bridgehead atoms. The minimum atomic E-state index is -2.75. The number of aromatic nitrogens is 3. The Balaban J connectivity index is 1.64. The van der Waals surface area contributed by atoms with Crippen LogP contribution in [0.4, 0.5) is 8.78 Å². The highest BCUT2D eigenvalue weighted by Gasteiger charge is 2.26. The van der Waals surface area contributed by atoms with Crippen molar-refractivity contribution >= 4 is 28.4 Å². The van der Waals surface area contributed by atoms with E-state index in [1.807, 2.05) is 18.2 Å². The summed E-state index contributed by atoms with van der Waals surface area (Å²) in [4.78, 5) is 17.5. The lowest BCUT2D eigenvalue weighted by Gasteiger charge is -2.26. The van der Waals surface area contributed by atoms with Crippen LogP contribution in [0.15, 0.2) is 30.5 Å². The highest BCUT2D eigenvalue weighted by atomic mass is 35.5. The van der Waals surface area contributed by atoms with Gasteiger partial charge in [0.25, 0.3) is 5.91 Å². The molecule has 3 aromatic rings. The maximum absolute atomic E-state index is 12.6. The number of hydrogen-bond donors (Lipinski definition) is 1. The predicted octanol–water partition coefficient (Wildman–Crippen LogP) is 3.61. The Morgan fingerprint density at radius 2 is 2.17 bits per heavy atom. The van der Waals surface area contributed by atoms with Crippen molar-refractivity contribution in [2.24, 2.45) is 0 Å². The number of hydrogen-bond acceptors (Lipinski definition) is 2. The third-order valence-electron chi connectivity index (χ3n) is 4.27. The molecule has 4 rings (SSSR count). The van der Waals surface area contributed by atoms with Crippen LogP contribution < -0.4 is 0 Å². The number of para-hydroxylation sites is 1. The SMILES string of the molecule is O=C(c1ccn(C(F)F)n1)N1CCc2[nH]c3c(Cl)cccc3c2C1. The Morgan fingerprint density at radius 3 is 2.92 bits per heavy atom. The molecular formula is C16H13ClF2N4O. The van der Waals surface area contributed by atoms with Gasteiger partial charge in [0.1, 0.15) is 0 Å². The Labute approximate surface area is 140 Å². The lowest BCUT2D eigenvalue weighted by molar-refractivity contribution is 0.0549. The van der Waals surface area contributed by atoms with Crippen molar-refractivity contribution in [2.45, 2.75) is 19.5 Å². The van der Waals surface area contributed by atoms with Crippen LogP contribution in [-0.2, 0) is 13.0 Å². The number of amides is 1. The van der Waals surface area contributed by atoms with Gasteiger partial charge in [-0.3, -0.25) is 4.79 Å². The number of aromatic amines is 1. The first-order valence-corrected chi connectivity index (χ1v) is 7.83. The van der Waals surface area contributed by atoms with E-state index in [4.69, 9.17) is 11.6 Å². The molecule has 1 aliphatic rings. The Morgan fingerprint density at radius 1 is 1.33 bits per heavy atom. The second-order valence-electron chi connectivity index (χ2n) is 5.68. The molecule has 0 saturated heterocycles. The highest BCUT2D eigenvalue weighted by Crippen LogP contribution is 2.31. The zero-order chi connectivity index (χ0) is 16.8. The number of nitrogens with zero attached hydrogens (tertiary/aromatic N) is 3. The van der Waals surface area contributed by atoms with E-state index in [1.165, 1.54) is 6.07 Å². The standard InChI is InChI=1S/C16H13ClF2N4O/c17-11-3-1-2-9-10-8-22(6-4-12(10)20-14(9)11)15(24)13-5-7-23(21-13)16(18)19/h1-3,5,7,16,20H,4,6,8H2. The average molecular weight is 351 g/mol. The second-order valence-corrected chi connectivity index (χ2v) is 6.09. The van der Waals surface area contributed by atoms with Gasteiger partial charge in [0, 0.05) is 42.4 Å². The summed E-state index contributed by atoms with van der Waals surface area (Å²) in [5, 5.41) is 5.27. The maximum atomic E-state index is 12.6. The van der Waals surface area contributed by atoms with Gasteiger partial charge >= 0.3 is 6.55 Å². The van der Waals surface area contributed by atoms with Crippen molar-refractivity contribution in [3.8, 4) is 0 Å². The molecule has 1 aliphatic heterocycles. The molecule has 8 heteroatoms. The molecule has 1 aromatic carbocycles. The third kappa shape index (κ3) is 2.36. The van der Waals surface area contributed by atoms with Crippen LogP contribution in [0.2, 0.25) is 5.02 Å². The summed E-state index contributed by atoms with van der Waals surface area (Å²) in [5.74, 6) is -0.351. The molecule has 0 saturated carbocycles. The highest BCUT2D eigenvalue weighted by molar-refractivity contribution is 6.35. The number of fused-ring (bicyclic) bond motifs is 3. The number of carbonyl (C=O) groups excluding carboxylic acids is 1. The number of halogens is 3. The smallest absolute Gasteiger partial charge is 0.333 e. The fraction of sp³-hybridized carbons (Fsp3) is 0.250. The van der Waals surface area contributed by atoms with Crippen molar-refractivity contribution in [1.82, 2.24) is 19.7 Å². The summed E-state index contributed by atoms with van der Waals surface area (Å²) in [6.07, 6.45) is 1.76. The summed E-state index contributed by atoms with van der Waals surface area (Å²) in [7, 11) is 0. The number of alkyl halides is 2. The molecule has 5 nitrogen and oxygen atoms in total. The van der Waals surface area contributed by atoms with Gasteiger partial charge in [0.05, 0.1) is 10.5 Å². The first-order valence-electron chi connectivity index (χ1n) is 7.45. The maximum Gasteiger partial charge on any atom is 0.333 e. The molecule has 2 aromatic heterocycles. The summed E-state index contributed by atoms with van der Waals surface area (Å²) in [6.45, 7) is -1.86. The summed E-state index contributed by atoms with van der Waals surface area (Å²) < 4.78 is 25.7. The second kappa shape index (κ2) is 5.59. The van der Waals surface area contributed by atoms with Crippen molar-refractivity contribution in [2.75, 3.05) is 6.54 Å². The van der Waals surface area contributed by atoms with Crippen LogP contribution in [-0.4, -0.2) is 32.1 Å². The first kappa shape index (κ1) is 15.1. The lowest BCUT2D eigenvalue weighted by Crippen LogP contribution is -2.36. The fourth-order valence-electron chi connectivity index (χ4n) is 3.10. The average Bonchev–Trinajstić information content (AvgIpc) is 3.19. The van der Waals surface area contributed by atoms with E-state index in [-0.39, 0.29) is 11.6 Å². The van der Waals surface area contributed by atoms with Gasteiger partial charge in [-0.1, -0.05) is 23.7 Å². The van der Waals surface area contributed by atoms with Crippen LogP contribution in [0.3, 0.4) is 0 Å². The van der Waals surface area contributed by atoms with Crippen molar-refractivity contribution < 1.29 is 13.6 Å². The number of H-pyrrole nitrogens is 1. The minimum absolute atomic E-state index is 0.0247. The zero-order valence-corrected chi connectivity index (χ0v) is 13.2. The number of benzene rings is 1. The van der Waals surface area contributed by atoms with Crippen molar-refractivity contribution in [3.63, 3.8) is 0 Å². The quantitative estimate of drug-likeness (QED) is 0.767.